The zero-order valence-corrected chi connectivity index (χ0v) is 16.7. The second kappa shape index (κ2) is 8.91. The van der Waals surface area contributed by atoms with Gasteiger partial charge in [0.25, 0.3) is 15.9 Å². The number of amides is 1. The van der Waals surface area contributed by atoms with Crippen LogP contribution in [0.2, 0.25) is 0 Å². The maximum Gasteiger partial charge on any atom is 0.261 e. The van der Waals surface area contributed by atoms with Crippen LogP contribution in [-0.2, 0) is 10.0 Å². The number of benzene rings is 3. The molecule has 2 N–H and O–H groups in total. The normalized spacial score (nSPS) is 11.0. The minimum atomic E-state index is -4.04. The average molecular weight is 432 g/mol. The SMILES string of the molecule is CCOc1ccc(S(=O)(=O)Nc2ccc(F)cc2)cc1NC(=O)c1ccccc1F. The molecule has 0 unspecified atom stereocenters. The monoisotopic (exact) mass is 432 g/mol. The highest BCUT2D eigenvalue weighted by Gasteiger charge is 2.19. The first-order valence-electron chi connectivity index (χ1n) is 8.91. The number of nitrogens with one attached hydrogen (secondary N) is 2. The van der Waals surface area contributed by atoms with E-state index in [-0.39, 0.29) is 34.2 Å². The molecule has 9 heteroatoms. The van der Waals surface area contributed by atoms with Gasteiger partial charge in [0.2, 0.25) is 0 Å². The molecule has 1 amide bonds. The Morgan fingerprint density at radius 2 is 1.70 bits per heavy atom. The van der Waals surface area contributed by atoms with E-state index in [1.54, 1.807) is 6.92 Å². The van der Waals surface area contributed by atoms with Gasteiger partial charge in [0.15, 0.2) is 0 Å². The van der Waals surface area contributed by atoms with Crippen molar-refractivity contribution in [3.8, 4) is 5.75 Å². The smallest absolute Gasteiger partial charge is 0.261 e. The van der Waals surface area contributed by atoms with Crippen molar-refractivity contribution in [1.29, 1.82) is 0 Å². The molecule has 6 nitrogen and oxygen atoms in total. The van der Waals surface area contributed by atoms with Crippen LogP contribution in [0.5, 0.6) is 5.75 Å². The standard InChI is InChI=1S/C21H18F2N2O4S/c1-2-29-20-12-11-16(30(27,28)25-15-9-7-14(22)8-10-15)13-19(20)24-21(26)17-5-3-4-6-18(17)23/h3-13,25H,2H2,1H3,(H,24,26). The van der Waals surface area contributed by atoms with Gasteiger partial charge in [-0.2, -0.15) is 0 Å². The molecule has 0 aliphatic heterocycles. The Labute approximate surface area is 172 Å². The lowest BCUT2D eigenvalue weighted by molar-refractivity contribution is 0.102. The third kappa shape index (κ3) is 4.93. The fourth-order valence-corrected chi connectivity index (χ4v) is 3.71. The maximum atomic E-state index is 13.9. The largest absolute Gasteiger partial charge is 0.492 e. The molecule has 0 aliphatic rings. The van der Waals surface area contributed by atoms with Gasteiger partial charge in [-0.25, -0.2) is 17.2 Å². The Morgan fingerprint density at radius 1 is 1.00 bits per heavy atom. The fourth-order valence-electron chi connectivity index (χ4n) is 2.62. The van der Waals surface area contributed by atoms with Gasteiger partial charge >= 0.3 is 0 Å². The van der Waals surface area contributed by atoms with Crippen molar-refractivity contribution in [2.45, 2.75) is 11.8 Å². The minimum absolute atomic E-state index is 0.0621. The quantitative estimate of drug-likeness (QED) is 0.579. The molecular weight excluding hydrogens is 414 g/mol. The van der Waals surface area contributed by atoms with Gasteiger partial charge in [0, 0.05) is 5.69 Å². The third-order valence-corrected chi connectivity index (χ3v) is 5.40. The first-order chi connectivity index (χ1) is 14.3. The molecule has 156 valence electrons. The first-order valence-corrected chi connectivity index (χ1v) is 10.4. The highest BCUT2D eigenvalue weighted by molar-refractivity contribution is 7.92. The number of hydrogen-bond donors (Lipinski definition) is 2. The van der Waals surface area contributed by atoms with Crippen molar-refractivity contribution in [3.63, 3.8) is 0 Å². The van der Waals surface area contributed by atoms with Crippen molar-refractivity contribution in [2.24, 2.45) is 0 Å². The zero-order valence-electron chi connectivity index (χ0n) is 15.9. The summed E-state index contributed by atoms with van der Waals surface area (Å²) in [7, 11) is -4.04. The van der Waals surface area contributed by atoms with Gasteiger partial charge in [-0.1, -0.05) is 12.1 Å². The summed E-state index contributed by atoms with van der Waals surface area (Å²) in [6.07, 6.45) is 0. The lowest BCUT2D eigenvalue weighted by atomic mass is 10.2. The number of carbonyl (C=O) groups is 1. The molecule has 30 heavy (non-hydrogen) atoms. The lowest BCUT2D eigenvalue weighted by Gasteiger charge is -2.14. The highest BCUT2D eigenvalue weighted by Crippen LogP contribution is 2.29. The summed E-state index contributed by atoms with van der Waals surface area (Å²) in [6.45, 7) is 1.99. The molecule has 3 rings (SSSR count). The molecule has 0 fully saturated rings. The van der Waals surface area contributed by atoms with Crippen LogP contribution in [0, 0.1) is 11.6 Å². The van der Waals surface area contributed by atoms with Crippen LogP contribution in [0.25, 0.3) is 0 Å². The van der Waals surface area contributed by atoms with E-state index in [0.717, 1.165) is 18.2 Å². The summed E-state index contributed by atoms with van der Waals surface area (Å²) in [5.74, 6) is -1.75. The van der Waals surface area contributed by atoms with Gasteiger partial charge in [0.1, 0.15) is 17.4 Å². The highest BCUT2D eigenvalue weighted by atomic mass is 32.2. The number of halogens is 2. The van der Waals surface area contributed by atoms with E-state index >= 15 is 0 Å². The van der Waals surface area contributed by atoms with Gasteiger partial charge in [-0.3, -0.25) is 9.52 Å². The second-order valence-corrected chi connectivity index (χ2v) is 7.82. The molecule has 3 aromatic carbocycles. The summed E-state index contributed by atoms with van der Waals surface area (Å²) in [4.78, 5) is 12.3. The molecule has 0 saturated heterocycles. The van der Waals surface area contributed by atoms with Crippen LogP contribution < -0.4 is 14.8 Å². The maximum absolute atomic E-state index is 13.9. The summed E-state index contributed by atoms with van der Waals surface area (Å²) in [6, 6.07) is 14.1. The molecule has 0 radical (unpaired) electrons. The van der Waals surface area contributed by atoms with E-state index in [2.05, 4.69) is 10.0 Å². The molecule has 3 aromatic rings. The third-order valence-electron chi connectivity index (χ3n) is 4.02. The van der Waals surface area contributed by atoms with Crippen molar-refractivity contribution in [2.75, 3.05) is 16.6 Å². The summed E-state index contributed by atoms with van der Waals surface area (Å²) < 4.78 is 60.1. The number of sulfonamides is 1. The first kappa shape index (κ1) is 21.3. The Bertz CT molecular complexity index is 1170. The number of ether oxygens (including phenoxy) is 1. The average Bonchev–Trinajstić information content (AvgIpc) is 2.71. The van der Waals surface area contributed by atoms with E-state index in [1.807, 2.05) is 0 Å². The Morgan fingerprint density at radius 3 is 2.37 bits per heavy atom. The van der Waals surface area contributed by atoms with E-state index in [9.17, 15) is 22.0 Å². The van der Waals surface area contributed by atoms with Crippen LogP contribution in [0.1, 0.15) is 17.3 Å². The predicted molar refractivity (Wildman–Crippen MR) is 109 cm³/mol. The second-order valence-electron chi connectivity index (χ2n) is 6.14. The van der Waals surface area contributed by atoms with E-state index in [0.29, 0.717) is 0 Å². The van der Waals surface area contributed by atoms with Crippen LogP contribution in [0.15, 0.2) is 71.6 Å². The van der Waals surface area contributed by atoms with Crippen molar-refractivity contribution in [1.82, 2.24) is 0 Å². The topological polar surface area (TPSA) is 84.5 Å². The molecular formula is C21H18F2N2O4S. The number of rotatable bonds is 7. The molecule has 0 heterocycles. The van der Waals surface area contributed by atoms with Crippen molar-refractivity contribution < 1.29 is 26.7 Å². The number of hydrogen-bond acceptors (Lipinski definition) is 4. The molecule has 0 bridgehead atoms. The summed E-state index contributed by atoms with van der Waals surface area (Å²) >= 11 is 0. The molecule has 0 atom stereocenters. The summed E-state index contributed by atoms with van der Waals surface area (Å²) in [5.41, 5.74) is 0.0342. The van der Waals surface area contributed by atoms with Crippen LogP contribution in [0.4, 0.5) is 20.2 Å². The molecule has 0 saturated carbocycles. The zero-order chi connectivity index (χ0) is 21.7. The number of carbonyl (C=O) groups excluding carboxylic acids is 1. The molecule has 0 spiro atoms. The predicted octanol–water partition coefficient (Wildman–Crippen LogP) is 4.42. The Hall–Kier alpha value is -3.46. The number of anilines is 2. The van der Waals surface area contributed by atoms with Gasteiger partial charge in [-0.15, -0.1) is 0 Å². The van der Waals surface area contributed by atoms with Gasteiger partial charge in [-0.05, 0) is 61.5 Å². The van der Waals surface area contributed by atoms with Crippen LogP contribution in [-0.4, -0.2) is 20.9 Å². The molecule has 0 aliphatic carbocycles. The lowest BCUT2D eigenvalue weighted by Crippen LogP contribution is -2.17. The molecule has 0 aromatic heterocycles. The fraction of sp³-hybridized carbons (Fsp3) is 0.0952. The van der Waals surface area contributed by atoms with Crippen LogP contribution >= 0.6 is 0 Å². The van der Waals surface area contributed by atoms with Crippen molar-refractivity contribution >= 4 is 27.3 Å². The minimum Gasteiger partial charge on any atom is -0.492 e. The van der Waals surface area contributed by atoms with Crippen molar-refractivity contribution in [3.05, 3.63) is 83.9 Å². The Kier molecular flexibility index (Phi) is 6.31. The van der Waals surface area contributed by atoms with Gasteiger partial charge in [0.05, 0.1) is 22.8 Å². The van der Waals surface area contributed by atoms with Gasteiger partial charge < -0.3 is 10.1 Å². The van der Waals surface area contributed by atoms with E-state index in [4.69, 9.17) is 4.74 Å². The van der Waals surface area contributed by atoms with Crippen LogP contribution in [0.3, 0.4) is 0 Å². The van der Waals surface area contributed by atoms with E-state index < -0.39 is 27.6 Å². The summed E-state index contributed by atoms with van der Waals surface area (Å²) in [5, 5.41) is 2.49. The van der Waals surface area contributed by atoms with E-state index in [1.165, 1.54) is 48.5 Å². The Balaban J connectivity index is 1.92.